The second kappa shape index (κ2) is 3.17. The van der Waals surface area contributed by atoms with Crippen LogP contribution in [0.2, 0.25) is 0 Å². The van der Waals surface area contributed by atoms with Gasteiger partial charge in [0, 0.05) is 18.9 Å². The van der Waals surface area contributed by atoms with Crippen molar-refractivity contribution in [2.24, 2.45) is 17.8 Å². The summed E-state index contributed by atoms with van der Waals surface area (Å²) >= 11 is 0. The van der Waals surface area contributed by atoms with E-state index in [1.807, 2.05) is 0 Å². The van der Waals surface area contributed by atoms with Crippen LogP contribution in [-0.2, 0) is 4.79 Å². The van der Waals surface area contributed by atoms with Crippen LogP contribution in [0, 0.1) is 17.8 Å². The van der Waals surface area contributed by atoms with Crippen LogP contribution in [0.15, 0.2) is 0 Å². The molecule has 0 amide bonds. The lowest BCUT2D eigenvalue weighted by atomic mass is 9.79. The number of carbonyl (C=O) groups excluding carboxylic acids is 1. The molecule has 0 aromatic carbocycles. The molecule has 0 heterocycles. The van der Waals surface area contributed by atoms with E-state index in [0.717, 1.165) is 25.7 Å². The number of aliphatic hydroxyl groups is 1. The summed E-state index contributed by atoms with van der Waals surface area (Å²) in [7, 11) is 0. The molecule has 0 saturated heterocycles. The van der Waals surface area contributed by atoms with Gasteiger partial charge in [0.25, 0.3) is 0 Å². The van der Waals surface area contributed by atoms with E-state index in [2.05, 4.69) is 0 Å². The Morgan fingerprint density at radius 3 is 2.83 bits per heavy atom. The second-order valence-corrected chi connectivity index (χ2v) is 4.32. The van der Waals surface area contributed by atoms with Crippen molar-refractivity contribution in [3.05, 3.63) is 0 Å². The Morgan fingerprint density at radius 2 is 2.17 bits per heavy atom. The first kappa shape index (κ1) is 8.24. The van der Waals surface area contributed by atoms with Gasteiger partial charge in [-0.05, 0) is 37.5 Å². The molecule has 0 aromatic heterocycles. The van der Waals surface area contributed by atoms with Gasteiger partial charge in [-0.1, -0.05) is 0 Å². The summed E-state index contributed by atoms with van der Waals surface area (Å²) < 4.78 is 0. The van der Waals surface area contributed by atoms with Crippen LogP contribution in [0.3, 0.4) is 0 Å². The lowest BCUT2D eigenvalue weighted by molar-refractivity contribution is -0.120. The minimum Gasteiger partial charge on any atom is -0.396 e. The van der Waals surface area contributed by atoms with Gasteiger partial charge in [-0.3, -0.25) is 4.79 Å². The van der Waals surface area contributed by atoms with Crippen molar-refractivity contribution in [2.45, 2.75) is 32.1 Å². The summed E-state index contributed by atoms with van der Waals surface area (Å²) in [6.45, 7) is 0.290. The van der Waals surface area contributed by atoms with E-state index in [0.29, 0.717) is 23.5 Å². The highest BCUT2D eigenvalue weighted by Crippen LogP contribution is 2.43. The third-order valence-electron chi connectivity index (χ3n) is 3.38. The van der Waals surface area contributed by atoms with E-state index < -0.39 is 0 Å². The van der Waals surface area contributed by atoms with Crippen LogP contribution in [0.25, 0.3) is 0 Å². The molecule has 3 atom stereocenters. The maximum Gasteiger partial charge on any atom is 0.136 e. The Bertz CT molecular complexity index is 188. The largest absolute Gasteiger partial charge is 0.396 e. The minimum atomic E-state index is 0.290. The number of rotatable bonds is 2. The Labute approximate surface area is 73.0 Å². The van der Waals surface area contributed by atoms with E-state index >= 15 is 0 Å². The zero-order valence-corrected chi connectivity index (χ0v) is 7.33. The maximum absolute atomic E-state index is 11.3. The van der Waals surface area contributed by atoms with E-state index in [9.17, 15) is 4.79 Å². The molecule has 2 bridgehead atoms. The van der Waals surface area contributed by atoms with Crippen molar-refractivity contribution in [3.8, 4) is 0 Å². The fraction of sp³-hybridized carbons (Fsp3) is 0.900. The Balaban J connectivity index is 1.96. The fourth-order valence-corrected chi connectivity index (χ4v) is 2.86. The highest BCUT2D eigenvalue weighted by atomic mass is 16.3. The van der Waals surface area contributed by atoms with Crippen LogP contribution in [0.5, 0.6) is 0 Å². The van der Waals surface area contributed by atoms with E-state index in [-0.39, 0.29) is 6.61 Å². The molecule has 12 heavy (non-hydrogen) atoms. The average molecular weight is 168 g/mol. The summed E-state index contributed by atoms with van der Waals surface area (Å²) in [5.41, 5.74) is 0. The third kappa shape index (κ3) is 1.40. The molecule has 1 N–H and O–H groups in total. The molecule has 3 unspecified atom stereocenters. The van der Waals surface area contributed by atoms with Gasteiger partial charge in [0.15, 0.2) is 0 Å². The second-order valence-electron chi connectivity index (χ2n) is 4.32. The van der Waals surface area contributed by atoms with Gasteiger partial charge in [0.05, 0.1) is 0 Å². The van der Waals surface area contributed by atoms with Gasteiger partial charge < -0.3 is 5.11 Å². The molecule has 2 aliphatic rings. The van der Waals surface area contributed by atoms with Crippen molar-refractivity contribution in [1.82, 2.24) is 0 Å². The maximum atomic E-state index is 11.3. The van der Waals surface area contributed by atoms with Crippen molar-refractivity contribution in [3.63, 3.8) is 0 Å². The fourth-order valence-electron chi connectivity index (χ4n) is 2.86. The predicted octanol–water partition coefficient (Wildman–Crippen LogP) is 1.37. The first-order chi connectivity index (χ1) is 5.79. The Morgan fingerprint density at radius 1 is 1.33 bits per heavy atom. The number of Topliss-reactive ketones (excluding diaryl/α,β-unsaturated/α-hetero) is 1. The summed E-state index contributed by atoms with van der Waals surface area (Å²) in [5, 5.41) is 8.79. The summed E-state index contributed by atoms with van der Waals surface area (Å²) in [5.74, 6) is 2.14. The van der Waals surface area contributed by atoms with Crippen molar-refractivity contribution < 1.29 is 9.90 Å². The lowest BCUT2D eigenvalue weighted by Gasteiger charge is -2.25. The van der Waals surface area contributed by atoms with Crippen molar-refractivity contribution in [1.29, 1.82) is 0 Å². The summed E-state index contributed by atoms with van der Waals surface area (Å²) in [4.78, 5) is 11.3. The van der Waals surface area contributed by atoms with Gasteiger partial charge in [0.1, 0.15) is 5.78 Å². The molecule has 2 rings (SSSR count). The average Bonchev–Trinajstić information content (AvgIpc) is 2.27. The molecule has 2 heteroatoms. The monoisotopic (exact) mass is 168 g/mol. The van der Waals surface area contributed by atoms with Gasteiger partial charge in [-0.15, -0.1) is 0 Å². The quantitative estimate of drug-likeness (QED) is 0.676. The minimum absolute atomic E-state index is 0.290. The number of ketones is 1. The molecule has 2 saturated carbocycles. The van der Waals surface area contributed by atoms with Crippen molar-refractivity contribution >= 4 is 5.78 Å². The number of carbonyl (C=O) groups is 1. The molecular formula is C10H16O2. The zero-order chi connectivity index (χ0) is 8.55. The van der Waals surface area contributed by atoms with Crippen molar-refractivity contribution in [2.75, 3.05) is 6.61 Å². The molecule has 2 nitrogen and oxygen atoms in total. The van der Waals surface area contributed by atoms with Crippen LogP contribution in [0.4, 0.5) is 0 Å². The molecule has 2 fully saturated rings. The van der Waals surface area contributed by atoms with Crippen LogP contribution in [0.1, 0.15) is 32.1 Å². The predicted molar refractivity (Wildman–Crippen MR) is 45.6 cm³/mol. The highest BCUT2D eigenvalue weighted by Gasteiger charge is 2.39. The smallest absolute Gasteiger partial charge is 0.136 e. The number of fused-ring (bicyclic) bond motifs is 2. The Hall–Kier alpha value is -0.370. The van der Waals surface area contributed by atoms with Crippen LogP contribution >= 0.6 is 0 Å². The van der Waals surface area contributed by atoms with E-state index in [1.165, 1.54) is 6.42 Å². The first-order valence-electron chi connectivity index (χ1n) is 4.93. The molecule has 0 aromatic rings. The standard InChI is InChI=1S/C10H16O2/c11-2-1-7-3-8-5-9(4-7)10(12)6-8/h7-9,11H,1-6H2. The topological polar surface area (TPSA) is 37.3 Å². The third-order valence-corrected chi connectivity index (χ3v) is 3.38. The molecular weight excluding hydrogens is 152 g/mol. The molecule has 2 aliphatic carbocycles. The molecule has 0 spiro atoms. The normalized spacial score (nSPS) is 40.4. The van der Waals surface area contributed by atoms with E-state index in [4.69, 9.17) is 5.11 Å². The van der Waals surface area contributed by atoms with Gasteiger partial charge in [-0.25, -0.2) is 0 Å². The van der Waals surface area contributed by atoms with Crippen LogP contribution in [-0.4, -0.2) is 17.5 Å². The highest BCUT2D eigenvalue weighted by molar-refractivity contribution is 5.83. The number of hydrogen-bond acceptors (Lipinski definition) is 2. The number of hydrogen-bond donors (Lipinski definition) is 1. The van der Waals surface area contributed by atoms with Gasteiger partial charge in [0.2, 0.25) is 0 Å². The molecule has 68 valence electrons. The van der Waals surface area contributed by atoms with Crippen LogP contribution < -0.4 is 0 Å². The Kier molecular flexibility index (Phi) is 2.18. The number of aliphatic hydroxyl groups excluding tert-OH is 1. The molecule has 0 aliphatic heterocycles. The molecule has 0 radical (unpaired) electrons. The summed E-state index contributed by atoms with van der Waals surface area (Å²) in [6, 6.07) is 0. The van der Waals surface area contributed by atoms with E-state index in [1.54, 1.807) is 0 Å². The zero-order valence-electron chi connectivity index (χ0n) is 7.33. The van der Waals surface area contributed by atoms with Gasteiger partial charge in [-0.2, -0.15) is 0 Å². The summed E-state index contributed by atoms with van der Waals surface area (Å²) in [6.07, 6.45) is 5.10. The SMILES string of the molecule is O=C1CC2CC(CCO)CC1C2. The lowest BCUT2D eigenvalue weighted by Crippen LogP contribution is -2.18. The first-order valence-corrected chi connectivity index (χ1v) is 4.93. The van der Waals surface area contributed by atoms with Gasteiger partial charge >= 0.3 is 0 Å².